The highest BCUT2D eigenvalue weighted by molar-refractivity contribution is 6.32. The molecular weight excluding hydrogens is 1470 g/mol. The van der Waals surface area contributed by atoms with Crippen LogP contribution in [0.5, 0.6) is 0 Å². The van der Waals surface area contributed by atoms with Crippen molar-refractivity contribution in [1.82, 2.24) is 42.9 Å². The van der Waals surface area contributed by atoms with Crippen molar-refractivity contribution in [1.29, 1.82) is 0 Å². The predicted octanol–water partition coefficient (Wildman–Crippen LogP) is 19.0. The number of halogens is 9. The summed E-state index contributed by atoms with van der Waals surface area (Å²) in [4.78, 5) is 13.5. The molecule has 4 unspecified atom stereocenters. The molecule has 5 aromatic heterocycles. The molecule has 17 rings (SSSR count). The van der Waals surface area contributed by atoms with E-state index in [9.17, 15) is 37.3 Å². The second-order valence-electron chi connectivity index (χ2n) is 31.8. The Balaban J connectivity index is 0.000000122. The molecule has 109 heavy (non-hydrogen) atoms. The number of likely N-dealkylation sites (N-methyl/N-ethyl adjacent to an activating group) is 4. The molecule has 21 heteroatoms. The minimum atomic E-state index is -3.45. The Bertz CT molecular complexity index is 5180. The van der Waals surface area contributed by atoms with Crippen LogP contribution in [0.15, 0.2) is 164 Å². The molecule has 1 aliphatic carbocycles. The van der Waals surface area contributed by atoms with E-state index in [-0.39, 0.29) is 29.2 Å². The summed E-state index contributed by atoms with van der Waals surface area (Å²) in [5.41, 5.74) is 13.4. The number of benzene rings is 7. The maximum atomic E-state index is 14.7. The van der Waals surface area contributed by atoms with Crippen molar-refractivity contribution in [3.8, 4) is 0 Å². The quantitative estimate of drug-likeness (QED) is 0.0925. The lowest BCUT2D eigenvalue weighted by atomic mass is 9.77. The molecule has 0 bridgehead atoms. The van der Waals surface area contributed by atoms with Gasteiger partial charge in [-0.3, -0.25) is 4.98 Å². The molecule has 5 aliphatic rings. The number of alkyl halides is 2. The lowest BCUT2D eigenvalue weighted by Crippen LogP contribution is -2.47. The van der Waals surface area contributed by atoms with Crippen LogP contribution in [0.2, 0.25) is 20.1 Å². The summed E-state index contributed by atoms with van der Waals surface area (Å²) in [6.07, 6.45) is 7.92. The Labute approximate surface area is 654 Å². The van der Waals surface area contributed by atoms with E-state index < -0.39 is 28.5 Å². The van der Waals surface area contributed by atoms with Crippen molar-refractivity contribution in [2.75, 3.05) is 54.4 Å². The highest BCUT2D eigenvalue weighted by atomic mass is 35.5. The van der Waals surface area contributed by atoms with Crippen molar-refractivity contribution in [3.63, 3.8) is 0 Å². The minimum absolute atomic E-state index is 0.0103. The SMILES string of the molecule is CN1CCc2c(c3cc(Cl)ccc3n2CC(C)(O)c2ccc(F)cc2)C1.CN1CCc2c(c3cc(Cl)ccc3n2CC(C)(c2ccc(F)cc2)C2CC2)C1.CN1CCc2c(c3cc(Cl)ccc3n2CC(O)(c2ccc(F)cc2)C(C)(F)F)C1.Cc1ccc(C(C)(O)Cn2c3c(c4cc(Cl)ccc42)CN(C)CC3)cn1. The van der Waals surface area contributed by atoms with E-state index in [1.807, 2.05) is 87.6 Å². The number of aryl methyl sites for hydroxylation is 1. The van der Waals surface area contributed by atoms with Gasteiger partial charge in [0.2, 0.25) is 0 Å². The largest absolute Gasteiger partial charge is 0.384 e. The Morgan fingerprint density at radius 3 is 1.02 bits per heavy atom. The second kappa shape index (κ2) is 30.8. The van der Waals surface area contributed by atoms with E-state index in [0.29, 0.717) is 49.5 Å². The van der Waals surface area contributed by atoms with E-state index in [4.69, 9.17) is 46.4 Å². The van der Waals surface area contributed by atoms with Gasteiger partial charge in [-0.25, -0.2) is 22.0 Å². The number of rotatable bonds is 14. The van der Waals surface area contributed by atoms with Crippen molar-refractivity contribution in [3.05, 3.63) is 274 Å². The topological polar surface area (TPSA) is 106 Å². The molecule has 9 heterocycles. The van der Waals surface area contributed by atoms with E-state index in [1.54, 1.807) is 54.1 Å². The van der Waals surface area contributed by atoms with Crippen molar-refractivity contribution in [2.45, 2.75) is 154 Å². The number of fused-ring (bicyclic) bond motifs is 12. The Morgan fingerprint density at radius 1 is 0.394 bits per heavy atom. The van der Waals surface area contributed by atoms with Gasteiger partial charge in [-0.1, -0.05) is 95.8 Å². The van der Waals surface area contributed by atoms with Crippen LogP contribution < -0.4 is 0 Å². The molecule has 12 nitrogen and oxygen atoms in total. The summed E-state index contributed by atoms with van der Waals surface area (Å²) in [7, 11) is 8.45. The average molecular weight is 1560 g/mol. The molecule has 7 aromatic carbocycles. The van der Waals surface area contributed by atoms with Crippen LogP contribution in [0.3, 0.4) is 0 Å². The van der Waals surface area contributed by atoms with Gasteiger partial charge in [0, 0.05) is 201 Å². The lowest BCUT2D eigenvalue weighted by Gasteiger charge is -2.36. The Kier molecular flexibility index (Phi) is 22.1. The van der Waals surface area contributed by atoms with Gasteiger partial charge < -0.3 is 53.2 Å². The molecule has 12 aromatic rings. The Hall–Kier alpha value is -7.62. The van der Waals surface area contributed by atoms with Gasteiger partial charge in [-0.2, -0.15) is 0 Å². The summed E-state index contributed by atoms with van der Waals surface area (Å²) in [5.74, 6) is -3.80. The first-order valence-electron chi connectivity index (χ1n) is 37.4. The number of aliphatic hydroxyl groups is 3. The van der Waals surface area contributed by atoms with Crippen molar-refractivity contribution in [2.24, 2.45) is 5.92 Å². The first kappa shape index (κ1) is 78.1. The average Bonchev–Trinajstić information content (AvgIpc) is 1.71. The van der Waals surface area contributed by atoms with Gasteiger partial charge in [0.05, 0.1) is 19.6 Å². The molecule has 572 valence electrons. The summed E-state index contributed by atoms with van der Waals surface area (Å²) in [5, 5.41) is 40.9. The molecular formula is C88H94Cl4F5N9O3. The van der Waals surface area contributed by atoms with Crippen LogP contribution in [-0.4, -0.2) is 118 Å². The first-order valence-corrected chi connectivity index (χ1v) is 39.0. The molecule has 3 N–H and O–H groups in total. The third kappa shape index (κ3) is 16.0. The van der Waals surface area contributed by atoms with Crippen LogP contribution in [0, 0.1) is 30.3 Å². The number of pyridine rings is 1. The molecule has 0 radical (unpaired) electrons. The summed E-state index contributed by atoms with van der Waals surface area (Å²) in [6, 6.07) is 45.4. The van der Waals surface area contributed by atoms with Gasteiger partial charge >= 0.3 is 0 Å². The summed E-state index contributed by atoms with van der Waals surface area (Å²) < 4.78 is 78.4. The van der Waals surface area contributed by atoms with Crippen molar-refractivity contribution >= 4 is 90.0 Å². The van der Waals surface area contributed by atoms with E-state index in [0.717, 1.165) is 149 Å². The molecule has 1 fully saturated rings. The maximum Gasteiger partial charge on any atom is 0.279 e. The standard InChI is InChI=1S/C24H26ClFN2.C22H22ClF3N2O.C21H22ClFN2O.C21H24ClN3O/c1-24(16-3-4-16,17-5-8-19(26)9-6-17)15-28-22-10-7-18(25)13-20(22)21-14-27(2)12-11-23(21)28;1-21(25,26)22(29,14-3-6-16(24)7-4-14)13-28-19-8-5-15(23)11-17(19)18-12-27(2)10-9-20(18)28;1-21(26,14-3-6-16(23)7-4-14)13-25-19-8-5-15(22)11-17(19)18-12-24(2)10-9-20(18)25;1-14-4-5-15(11-23-14)21(2,26)13-25-19-7-6-16(22)10-17(19)18-12-24(3)9-8-20(18)25/h5-10,13,16H,3-4,11-12,14-15H2,1-2H3;3-8,11,29H,9-10,12-13H2,1-2H3;3-8,11,26H,9-10,12-13H2,1-2H3;4-7,10-11,26H,8-9,12-13H2,1-3H3. The number of hydrogen-bond acceptors (Lipinski definition) is 8. The molecule has 0 saturated heterocycles. The molecule has 0 spiro atoms. The monoisotopic (exact) mass is 1560 g/mol. The number of nitrogens with zero attached hydrogens (tertiary/aromatic N) is 9. The summed E-state index contributed by atoms with van der Waals surface area (Å²) >= 11 is 25.1. The lowest BCUT2D eigenvalue weighted by molar-refractivity contribution is -0.183. The molecule has 4 aliphatic heterocycles. The van der Waals surface area contributed by atoms with E-state index >= 15 is 0 Å². The highest BCUT2D eigenvalue weighted by Gasteiger charge is 2.51. The van der Waals surface area contributed by atoms with E-state index in [1.165, 1.54) is 92.7 Å². The van der Waals surface area contributed by atoms with E-state index in [2.05, 4.69) is 84.6 Å². The summed E-state index contributed by atoms with van der Waals surface area (Å²) in [6.45, 7) is 17.4. The van der Waals surface area contributed by atoms with Gasteiger partial charge in [-0.05, 0) is 222 Å². The van der Waals surface area contributed by atoms with Gasteiger partial charge in [0.15, 0.2) is 5.60 Å². The van der Waals surface area contributed by atoms with Gasteiger partial charge in [0.25, 0.3) is 5.92 Å². The second-order valence-corrected chi connectivity index (χ2v) is 33.6. The first-order chi connectivity index (χ1) is 51.7. The zero-order chi connectivity index (χ0) is 77.4. The van der Waals surface area contributed by atoms with Crippen LogP contribution in [-0.2, 0) is 100 Å². The fraction of sp³-hybridized carbons (Fsp3) is 0.375. The van der Waals surface area contributed by atoms with Crippen LogP contribution >= 0.6 is 46.4 Å². The minimum Gasteiger partial charge on any atom is -0.384 e. The molecule has 1 saturated carbocycles. The third-order valence-corrected chi connectivity index (χ3v) is 24.4. The smallest absolute Gasteiger partial charge is 0.279 e. The third-order valence-electron chi connectivity index (χ3n) is 23.5. The zero-order valence-corrected chi connectivity index (χ0v) is 66.2. The number of hydrogen-bond donors (Lipinski definition) is 3. The fourth-order valence-corrected chi connectivity index (χ4v) is 17.8. The van der Waals surface area contributed by atoms with Crippen LogP contribution in [0.25, 0.3) is 43.6 Å². The maximum absolute atomic E-state index is 14.7. The van der Waals surface area contributed by atoms with Gasteiger partial charge in [-0.15, -0.1) is 0 Å². The Morgan fingerprint density at radius 2 is 0.697 bits per heavy atom. The molecule has 0 amide bonds. The zero-order valence-electron chi connectivity index (χ0n) is 63.2. The van der Waals surface area contributed by atoms with Gasteiger partial charge in [0.1, 0.15) is 28.7 Å². The van der Waals surface area contributed by atoms with Crippen LogP contribution in [0.4, 0.5) is 22.0 Å². The normalized spacial score (nSPS) is 17.9. The predicted molar refractivity (Wildman–Crippen MR) is 430 cm³/mol. The molecule has 4 atom stereocenters. The fourth-order valence-electron chi connectivity index (χ4n) is 17.1. The van der Waals surface area contributed by atoms with Crippen LogP contribution in [0.1, 0.15) is 114 Å². The highest BCUT2D eigenvalue weighted by Crippen LogP contribution is 2.50. The van der Waals surface area contributed by atoms with Crippen molar-refractivity contribution < 1.29 is 37.3 Å². The number of aromatic nitrogens is 5.